The first-order chi connectivity index (χ1) is 14.6. The average Bonchev–Trinajstić information content (AvgIpc) is 2.76. The summed E-state index contributed by atoms with van der Waals surface area (Å²) >= 11 is 5.89. The molecule has 0 saturated carbocycles. The smallest absolute Gasteiger partial charge is 0.276 e. The molecule has 2 rings (SSSR count). The van der Waals surface area contributed by atoms with Gasteiger partial charge in [0.25, 0.3) is 5.91 Å². The standard InChI is InChI=1S/C19H22ClFN4O5S/c1-12(31(28,29)25-6-8-30-9-7-25)10-16(18(21)22-3)19(27)24-23-13(2)15-11-14(20)4-5-17(15)26/h4-5,10-11,26H,3,6-9H2,1-2H3,(H,24,27)/b12-10+,18-16+,23-13+. The molecule has 0 unspecified atom stereocenters. The van der Waals surface area contributed by atoms with E-state index in [0.717, 1.165) is 6.08 Å². The first-order valence-corrected chi connectivity index (χ1v) is 10.9. The Labute approximate surface area is 184 Å². The molecule has 1 aromatic carbocycles. The molecule has 1 amide bonds. The van der Waals surface area contributed by atoms with E-state index < -0.39 is 27.5 Å². The third-order valence-corrected chi connectivity index (χ3v) is 6.56. The second kappa shape index (κ2) is 10.6. The number of hydrazone groups is 1. The molecule has 0 bridgehead atoms. The summed E-state index contributed by atoms with van der Waals surface area (Å²) in [6.07, 6.45) is 0.867. The third kappa shape index (κ3) is 6.20. The molecule has 1 aromatic rings. The van der Waals surface area contributed by atoms with Gasteiger partial charge in [-0.1, -0.05) is 11.6 Å². The summed E-state index contributed by atoms with van der Waals surface area (Å²) in [5.41, 5.74) is 1.88. The number of phenolic OH excluding ortho intramolecular Hbond substituents is 1. The number of nitrogens with one attached hydrogen (secondary N) is 1. The largest absolute Gasteiger partial charge is 0.507 e. The highest BCUT2D eigenvalue weighted by Gasteiger charge is 2.27. The number of allylic oxidation sites excluding steroid dienone is 1. The number of rotatable bonds is 7. The van der Waals surface area contributed by atoms with Crippen molar-refractivity contribution in [3.8, 4) is 5.75 Å². The quantitative estimate of drug-likeness (QED) is 0.207. The summed E-state index contributed by atoms with van der Waals surface area (Å²) in [6.45, 7) is 6.54. The number of benzene rings is 1. The van der Waals surface area contributed by atoms with Crippen LogP contribution in [-0.2, 0) is 19.6 Å². The van der Waals surface area contributed by atoms with Crippen molar-refractivity contribution in [3.05, 3.63) is 51.3 Å². The second-order valence-electron chi connectivity index (χ2n) is 6.43. The number of phenols is 1. The molecule has 0 atom stereocenters. The number of aliphatic imine (C=N–C) groups is 1. The maximum absolute atomic E-state index is 14.2. The number of carbonyl (C=O) groups excluding carboxylic acids is 1. The minimum absolute atomic E-state index is 0.123. The van der Waals surface area contributed by atoms with Gasteiger partial charge in [0, 0.05) is 23.7 Å². The van der Waals surface area contributed by atoms with Gasteiger partial charge in [-0.3, -0.25) is 4.79 Å². The van der Waals surface area contributed by atoms with Crippen molar-refractivity contribution in [2.45, 2.75) is 13.8 Å². The lowest BCUT2D eigenvalue weighted by molar-refractivity contribution is -0.117. The van der Waals surface area contributed by atoms with Crippen molar-refractivity contribution < 1.29 is 27.4 Å². The normalized spacial score (nSPS) is 17.2. The summed E-state index contributed by atoms with van der Waals surface area (Å²) in [5.74, 6) is -2.45. The van der Waals surface area contributed by atoms with E-state index in [1.165, 1.54) is 36.4 Å². The number of hydrogen-bond acceptors (Lipinski definition) is 7. The van der Waals surface area contributed by atoms with E-state index in [9.17, 15) is 22.7 Å². The van der Waals surface area contributed by atoms with E-state index >= 15 is 0 Å². The van der Waals surface area contributed by atoms with Gasteiger partial charge in [0.2, 0.25) is 16.0 Å². The molecule has 1 aliphatic rings. The molecule has 1 fully saturated rings. The lowest BCUT2D eigenvalue weighted by Gasteiger charge is -2.26. The molecular weight excluding hydrogens is 451 g/mol. The number of halogens is 2. The molecule has 168 valence electrons. The number of ether oxygens (including phenoxy) is 1. The summed E-state index contributed by atoms with van der Waals surface area (Å²) < 4.78 is 45.9. The molecule has 0 aromatic heterocycles. The van der Waals surface area contributed by atoms with Crippen LogP contribution in [0.4, 0.5) is 4.39 Å². The Hall–Kier alpha value is -2.60. The number of amides is 1. The number of aromatic hydroxyl groups is 1. The molecule has 1 saturated heterocycles. The Kier molecular flexibility index (Phi) is 8.45. The van der Waals surface area contributed by atoms with E-state index in [4.69, 9.17) is 16.3 Å². The first kappa shape index (κ1) is 24.7. The number of sulfonamides is 1. The van der Waals surface area contributed by atoms with E-state index in [1.807, 2.05) is 0 Å². The van der Waals surface area contributed by atoms with Crippen LogP contribution in [0.15, 0.2) is 50.8 Å². The summed E-state index contributed by atoms with van der Waals surface area (Å²) in [7, 11) is -3.93. The zero-order valence-corrected chi connectivity index (χ0v) is 18.5. The molecule has 1 aliphatic heterocycles. The molecule has 0 aliphatic carbocycles. The van der Waals surface area contributed by atoms with Gasteiger partial charge in [0.15, 0.2) is 0 Å². The fraction of sp³-hybridized carbons (Fsp3) is 0.316. The van der Waals surface area contributed by atoms with Crippen LogP contribution in [0.1, 0.15) is 19.4 Å². The SMILES string of the molecule is C=N/C(F)=C(\C=C(/C)S(=O)(=O)N1CCOCC1)C(=O)N/N=C(\C)c1cc(Cl)ccc1O. The van der Waals surface area contributed by atoms with E-state index in [1.54, 1.807) is 0 Å². The van der Waals surface area contributed by atoms with Crippen molar-refractivity contribution in [3.63, 3.8) is 0 Å². The summed E-state index contributed by atoms with van der Waals surface area (Å²) in [5, 5.41) is 14.1. The summed E-state index contributed by atoms with van der Waals surface area (Å²) in [4.78, 5) is 15.3. The molecule has 9 nitrogen and oxygen atoms in total. The number of morpholine rings is 1. The topological polar surface area (TPSA) is 121 Å². The zero-order valence-electron chi connectivity index (χ0n) is 16.9. The minimum atomic E-state index is -3.93. The van der Waals surface area contributed by atoms with Gasteiger partial charge in [-0.05, 0) is 44.8 Å². The van der Waals surface area contributed by atoms with Crippen LogP contribution >= 0.6 is 11.6 Å². The van der Waals surface area contributed by atoms with Crippen molar-refractivity contribution in [2.75, 3.05) is 26.3 Å². The monoisotopic (exact) mass is 472 g/mol. The van der Waals surface area contributed by atoms with Crippen molar-refractivity contribution >= 4 is 40.0 Å². The van der Waals surface area contributed by atoms with Gasteiger partial charge in [0.05, 0.1) is 29.4 Å². The van der Waals surface area contributed by atoms with E-state index in [2.05, 4.69) is 22.2 Å². The van der Waals surface area contributed by atoms with Gasteiger partial charge in [-0.15, -0.1) is 0 Å². The molecule has 2 N–H and O–H groups in total. The Bertz CT molecular complexity index is 1060. The van der Waals surface area contributed by atoms with Gasteiger partial charge in [-0.2, -0.15) is 13.8 Å². The van der Waals surface area contributed by atoms with Gasteiger partial charge in [-0.25, -0.2) is 18.8 Å². The van der Waals surface area contributed by atoms with Crippen molar-refractivity contribution in [1.82, 2.24) is 9.73 Å². The Morgan fingerprint density at radius 3 is 2.61 bits per heavy atom. The second-order valence-corrected chi connectivity index (χ2v) is 8.98. The lowest BCUT2D eigenvalue weighted by Crippen LogP contribution is -2.40. The average molecular weight is 473 g/mol. The fourth-order valence-corrected chi connectivity index (χ4v) is 4.10. The molecule has 31 heavy (non-hydrogen) atoms. The Morgan fingerprint density at radius 1 is 1.35 bits per heavy atom. The molecule has 12 heteroatoms. The first-order valence-electron chi connectivity index (χ1n) is 9.04. The fourth-order valence-electron chi connectivity index (χ4n) is 2.63. The molecule has 1 heterocycles. The molecule has 0 radical (unpaired) electrons. The highest BCUT2D eigenvalue weighted by molar-refractivity contribution is 7.93. The maximum Gasteiger partial charge on any atom is 0.276 e. The van der Waals surface area contributed by atoms with Crippen LogP contribution in [0.25, 0.3) is 0 Å². The van der Waals surface area contributed by atoms with Gasteiger partial charge in [0.1, 0.15) is 5.75 Å². The molecule has 0 spiro atoms. The van der Waals surface area contributed by atoms with Crippen LogP contribution in [0.5, 0.6) is 5.75 Å². The van der Waals surface area contributed by atoms with Gasteiger partial charge < -0.3 is 9.84 Å². The van der Waals surface area contributed by atoms with E-state index in [0.29, 0.717) is 5.02 Å². The summed E-state index contributed by atoms with van der Waals surface area (Å²) in [6, 6.07) is 4.26. The molecular formula is C19H22ClFN4O5S. The van der Waals surface area contributed by atoms with Crippen LogP contribution < -0.4 is 5.43 Å². The Balaban J connectivity index is 2.30. The number of nitrogens with zero attached hydrogens (tertiary/aromatic N) is 3. The highest BCUT2D eigenvalue weighted by atomic mass is 35.5. The minimum Gasteiger partial charge on any atom is -0.507 e. The third-order valence-electron chi connectivity index (χ3n) is 4.34. The predicted molar refractivity (Wildman–Crippen MR) is 116 cm³/mol. The van der Waals surface area contributed by atoms with Crippen LogP contribution in [0.2, 0.25) is 5.02 Å². The highest BCUT2D eigenvalue weighted by Crippen LogP contribution is 2.22. The maximum atomic E-state index is 14.2. The van der Waals surface area contributed by atoms with Gasteiger partial charge >= 0.3 is 0 Å². The Morgan fingerprint density at radius 2 is 2.00 bits per heavy atom. The van der Waals surface area contributed by atoms with Crippen LogP contribution in [0, 0.1) is 0 Å². The lowest BCUT2D eigenvalue weighted by atomic mass is 10.1. The number of hydrogen-bond donors (Lipinski definition) is 2. The van der Waals surface area contributed by atoms with E-state index in [-0.39, 0.29) is 48.2 Å². The van der Waals surface area contributed by atoms with Crippen LogP contribution in [-0.4, -0.2) is 62.5 Å². The van der Waals surface area contributed by atoms with Crippen LogP contribution in [0.3, 0.4) is 0 Å². The zero-order chi connectivity index (χ0) is 23.2. The van der Waals surface area contributed by atoms with Crippen molar-refractivity contribution in [1.29, 1.82) is 0 Å². The number of carbonyl (C=O) groups is 1. The predicted octanol–water partition coefficient (Wildman–Crippen LogP) is 2.33. The van der Waals surface area contributed by atoms with Crippen molar-refractivity contribution in [2.24, 2.45) is 10.1 Å².